The van der Waals surface area contributed by atoms with Crippen molar-refractivity contribution in [2.75, 3.05) is 32.4 Å². The Kier molecular flexibility index (Phi) is 4.47. The first kappa shape index (κ1) is 16.5. The van der Waals surface area contributed by atoms with Gasteiger partial charge in [-0.3, -0.25) is 4.79 Å². The van der Waals surface area contributed by atoms with Crippen molar-refractivity contribution in [1.29, 1.82) is 0 Å². The SMILES string of the molecule is CS(=O)(=O)c1cccc(C(=O)N2CCC3(CCNCC3)CC2)c1. The molecule has 1 amide bonds. The van der Waals surface area contributed by atoms with E-state index in [1.54, 1.807) is 12.1 Å². The fourth-order valence-corrected chi connectivity index (χ4v) is 4.35. The van der Waals surface area contributed by atoms with Crippen molar-refractivity contribution in [2.24, 2.45) is 5.41 Å². The van der Waals surface area contributed by atoms with Gasteiger partial charge in [-0.1, -0.05) is 6.07 Å². The summed E-state index contributed by atoms with van der Waals surface area (Å²) in [4.78, 5) is 14.7. The minimum absolute atomic E-state index is 0.0562. The lowest BCUT2D eigenvalue weighted by Crippen LogP contribution is -2.47. The Morgan fingerprint density at radius 2 is 1.78 bits per heavy atom. The molecule has 3 rings (SSSR count). The molecule has 6 heteroatoms. The van der Waals surface area contributed by atoms with Crippen molar-refractivity contribution in [3.8, 4) is 0 Å². The molecule has 0 aliphatic carbocycles. The maximum Gasteiger partial charge on any atom is 0.253 e. The highest BCUT2D eigenvalue weighted by Crippen LogP contribution is 2.39. The topological polar surface area (TPSA) is 66.5 Å². The second-order valence-electron chi connectivity index (χ2n) is 6.84. The second-order valence-corrected chi connectivity index (χ2v) is 8.86. The molecule has 2 fully saturated rings. The third-order valence-electron chi connectivity index (χ3n) is 5.28. The van der Waals surface area contributed by atoms with Gasteiger partial charge in [0.25, 0.3) is 5.91 Å². The fraction of sp³-hybridized carbons (Fsp3) is 0.588. The van der Waals surface area contributed by atoms with E-state index < -0.39 is 9.84 Å². The number of nitrogens with one attached hydrogen (secondary N) is 1. The molecule has 126 valence electrons. The molecule has 0 aromatic heterocycles. The van der Waals surface area contributed by atoms with Gasteiger partial charge in [-0.2, -0.15) is 0 Å². The third-order valence-corrected chi connectivity index (χ3v) is 6.39. The number of carbonyl (C=O) groups excluding carboxylic acids is 1. The fourth-order valence-electron chi connectivity index (χ4n) is 3.68. The molecular weight excluding hydrogens is 312 g/mol. The highest BCUT2D eigenvalue weighted by Gasteiger charge is 2.36. The lowest BCUT2D eigenvalue weighted by molar-refractivity contribution is 0.0495. The van der Waals surface area contributed by atoms with Crippen LogP contribution < -0.4 is 5.32 Å². The molecule has 1 aromatic carbocycles. The predicted octanol–water partition coefficient (Wildman–Crippen LogP) is 1.70. The number of piperidine rings is 2. The van der Waals surface area contributed by atoms with Gasteiger partial charge >= 0.3 is 0 Å². The van der Waals surface area contributed by atoms with E-state index in [4.69, 9.17) is 0 Å². The van der Waals surface area contributed by atoms with E-state index in [9.17, 15) is 13.2 Å². The highest BCUT2D eigenvalue weighted by molar-refractivity contribution is 7.90. The van der Waals surface area contributed by atoms with Crippen molar-refractivity contribution >= 4 is 15.7 Å². The number of hydrogen-bond acceptors (Lipinski definition) is 4. The van der Waals surface area contributed by atoms with Crippen LogP contribution in [0.1, 0.15) is 36.0 Å². The van der Waals surface area contributed by atoms with Crippen molar-refractivity contribution in [2.45, 2.75) is 30.6 Å². The molecule has 1 aromatic rings. The van der Waals surface area contributed by atoms with Gasteiger partial charge in [-0.25, -0.2) is 8.42 Å². The molecule has 2 aliphatic rings. The van der Waals surface area contributed by atoms with Crippen LogP contribution in [-0.4, -0.2) is 51.7 Å². The lowest BCUT2D eigenvalue weighted by Gasteiger charge is -2.44. The summed E-state index contributed by atoms with van der Waals surface area (Å²) in [5, 5.41) is 3.40. The zero-order valence-electron chi connectivity index (χ0n) is 13.5. The van der Waals surface area contributed by atoms with Crippen LogP contribution in [0.4, 0.5) is 0 Å². The third kappa shape index (κ3) is 3.58. The molecular formula is C17H24N2O3S. The van der Waals surface area contributed by atoms with Crippen molar-refractivity contribution in [1.82, 2.24) is 10.2 Å². The van der Waals surface area contributed by atoms with Gasteiger partial charge in [0.15, 0.2) is 9.84 Å². The van der Waals surface area contributed by atoms with Gasteiger partial charge in [0.2, 0.25) is 0 Å². The molecule has 1 spiro atoms. The van der Waals surface area contributed by atoms with Crippen molar-refractivity contribution < 1.29 is 13.2 Å². The number of likely N-dealkylation sites (tertiary alicyclic amines) is 1. The Balaban J connectivity index is 1.70. The first-order chi connectivity index (χ1) is 10.9. The Hall–Kier alpha value is -1.40. The highest BCUT2D eigenvalue weighted by atomic mass is 32.2. The van der Waals surface area contributed by atoms with Crippen LogP contribution in [0, 0.1) is 5.41 Å². The number of nitrogens with zero attached hydrogens (tertiary/aromatic N) is 1. The predicted molar refractivity (Wildman–Crippen MR) is 89.2 cm³/mol. The number of hydrogen-bond donors (Lipinski definition) is 1. The number of carbonyl (C=O) groups is 1. The van der Waals surface area contributed by atoms with Crippen LogP contribution in [0.2, 0.25) is 0 Å². The summed E-state index contributed by atoms with van der Waals surface area (Å²) in [5.74, 6) is -0.0562. The lowest BCUT2D eigenvalue weighted by atomic mass is 9.71. The van der Waals surface area contributed by atoms with E-state index in [2.05, 4.69) is 5.32 Å². The number of sulfone groups is 1. The summed E-state index contributed by atoms with van der Waals surface area (Å²) in [7, 11) is -3.29. The quantitative estimate of drug-likeness (QED) is 0.893. The molecule has 2 aliphatic heterocycles. The smallest absolute Gasteiger partial charge is 0.253 e. The standard InChI is InChI=1S/C17H24N2O3S/c1-23(21,22)15-4-2-3-14(13-15)16(20)19-11-7-17(8-12-19)5-9-18-10-6-17/h2-4,13,18H,5-12H2,1H3. The molecule has 0 atom stereocenters. The molecule has 5 nitrogen and oxygen atoms in total. The molecule has 0 unspecified atom stereocenters. The van der Waals surface area contributed by atoms with E-state index in [1.807, 2.05) is 4.90 Å². The largest absolute Gasteiger partial charge is 0.339 e. The van der Waals surface area contributed by atoms with E-state index >= 15 is 0 Å². The number of rotatable bonds is 2. The average molecular weight is 336 g/mol. The van der Waals surface area contributed by atoms with Gasteiger partial charge in [0.05, 0.1) is 4.90 Å². The zero-order chi connectivity index (χ0) is 16.5. The Morgan fingerprint density at radius 3 is 2.39 bits per heavy atom. The summed E-state index contributed by atoms with van der Waals surface area (Å²) < 4.78 is 23.3. The minimum atomic E-state index is -3.29. The maximum absolute atomic E-state index is 12.7. The Morgan fingerprint density at radius 1 is 1.13 bits per heavy atom. The number of benzene rings is 1. The van der Waals surface area contributed by atoms with Gasteiger partial charge in [0, 0.05) is 24.9 Å². The molecule has 1 N–H and O–H groups in total. The molecule has 0 saturated carbocycles. The molecule has 0 bridgehead atoms. The normalized spacial score (nSPS) is 21.3. The van der Waals surface area contributed by atoms with E-state index in [-0.39, 0.29) is 10.8 Å². The van der Waals surface area contributed by atoms with Crippen LogP contribution in [0.3, 0.4) is 0 Å². The summed E-state index contributed by atoms with van der Waals surface area (Å²) in [5.41, 5.74) is 0.866. The summed E-state index contributed by atoms with van der Waals surface area (Å²) >= 11 is 0. The van der Waals surface area contributed by atoms with E-state index in [0.29, 0.717) is 11.0 Å². The summed E-state index contributed by atoms with van der Waals surface area (Å²) in [6.45, 7) is 3.68. The Labute approximate surface area is 138 Å². The van der Waals surface area contributed by atoms with Gasteiger partial charge in [-0.15, -0.1) is 0 Å². The van der Waals surface area contributed by atoms with Crippen LogP contribution >= 0.6 is 0 Å². The summed E-state index contributed by atoms with van der Waals surface area (Å²) in [6, 6.07) is 6.37. The summed E-state index contributed by atoms with van der Waals surface area (Å²) in [6.07, 6.45) is 5.65. The molecule has 23 heavy (non-hydrogen) atoms. The molecule has 2 saturated heterocycles. The Bertz CT molecular complexity index is 684. The van der Waals surface area contributed by atoms with Gasteiger partial charge < -0.3 is 10.2 Å². The zero-order valence-corrected chi connectivity index (χ0v) is 14.4. The van der Waals surface area contributed by atoms with Crippen molar-refractivity contribution in [3.63, 3.8) is 0 Å². The van der Waals surface area contributed by atoms with Crippen LogP contribution in [0.25, 0.3) is 0 Å². The van der Waals surface area contributed by atoms with Crippen molar-refractivity contribution in [3.05, 3.63) is 29.8 Å². The number of amides is 1. The monoisotopic (exact) mass is 336 g/mol. The van der Waals surface area contributed by atoms with Crippen LogP contribution in [0.5, 0.6) is 0 Å². The van der Waals surface area contributed by atoms with Gasteiger partial charge in [-0.05, 0) is 62.4 Å². The van der Waals surface area contributed by atoms with Gasteiger partial charge in [0.1, 0.15) is 0 Å². The minimum Gasteiger partial charge on any atom is -0.339 e. The van der Waals surface area contributed by atoms with Crippen LogP contribution in [0.15, 0.2) is 29.2 Å². The molecule has 2 heterocycles. The van der Waals surface area contributed by atoms with Crippen LogP contribution in [-0.2, 0) is 9.84 Å². The maximum atomic E-state index is 12.7. The average Bonchev–Trinajstić information content (AvgIpc) is 2.55. The van der Waals surface area contributed by atoms with E-state index in [1.165, 1.54) is 31.2 Å². The first-order valence-corrected chi connectivity index (χ1v) is 10.1. The molecule has 0 radical (unpaired) electrons. The first-order valence-electron chi connectivity index (χ1n) is 8.20. The second kappa shape index (κ2) is 6.24. The van der Waals surface area contributed by atoms with E-state index in [0.717, 1.165) is 39.0 Å².